The second kappa shape index (κ2) is 6.35. The highest BCUT2D eigenvalue weighted by molar-refractivity contribution is 7.99. The van der Waals surface area contributed by atoms with Gasteiger partial charge in [-0.15, -0.1) is 0 Å². The van der Waals surface area contributed by atoms with Gasteiger partial charge in [0.05, 0.1) is 0 Å². The minimum atomic E-state index is -0.0749. The third-order valence-corrected chi connectivity index (χ3v) is 4.82. The van der Waals surface area contributed by atoms with E-state index in [0.717, 1.165) is 40.9 Å². The summed E-state index contributed by atoms with van der Waals surface area (Å²) in [5, 5.41) is 8.24. The maximum absolute atomic E-state index is 12.4. The van der Waals surface area contributed by atoms with Crippen molar-refractivity contribution in [1.29, 1.82) is 0 Å². The number of nitrogens with one attached hydrogen (secondary N) is 2. The molecule has 1 aromatic heterocycles. The van der Waals surface area contributed by atoms with Gasteiger partial charge >= 0.3 is 0 Å². The lowest BCUT2D eigenvalue weighted by molar-refractivity contribution is 0.0930. The van der Waals surface area contributed by atoms with Crippen LogP contribution in [0.3, 0.4) is 0 Å². The lowest BCUT2D eigenvalue weighted by Gasteiger charge is -2.22. The van der Waals surface area contributed by atoms with Gasteiger partial charge in [-0.05, 0) is 35.8 Å². The second-order valence-electron chi connectivity index (χ2n) is 5.19. The van der Waals surface area contributed by atoms with Gasteiger partial charge in [-0.2, -0.15) is 11.8 Å². The molecule has 1 aliphatic rings. The van der Waals surface area contributed by atoms with Crippen LogP contribution in [0, 0.1) is 0 Å². The largest absolute Gasteiger partial charge is 0.373 e. The number of thioether (sulfide) groups is 1. The molecule has 5 heteroatoms. The van der Waals surface area contributed by atoms with Crippen molar-refractivity contribution in [3.05, 3.63) is 36.0 Å². The van der Waals surface area contributed by atoms with Crippen molar-refractivity contribution in [3.63, 3.8) is 0 Å². The fourth-order valence-electron chi connectivity index (χ4n) is 2.61. The number of pyridine rings is 1. The molecular formula is C16H19N3OS. The SMILES string of the molecule is CNc1nc(C(=O)NC2CCSCC2)cc2ccccc12. The maximum atomic E-state index is 12.4. The molecule has 110 valence electrons. The van der Waals surface area contributed by atoms with E-state index in [4.69, 9.17) is 0 Å². The number of nitrogens with zero attached hydrogens (tertiary/aromatic N) is 1. The Morgan fingerprint density at radius 3 is 2.81 bits per heavy atom. The monoisotopic (exact) mass is 301 g/mol. The van der Waals surface area contributed by atoms with Gasteiger partial charge in [0.1, 0.15) is 11.5 Å². The first kappa shape index (κ1) is 14.2. The molecule has 4 nitrogen and oxygen atoms in total. The van der Waals surface area contributed by atoms with Crippen LogP contribution < -0.4 is 10.6 Å². The number of hydrogen-bond donors (Lipinski definition) is 2. The lowest BCUT2D eigenvalue weighted by Crippen LogP contribution is -2.37. The van der Waals surface area contributed by atoms with Crippen LogP contribution in [0.15, 0.2) is 30.3 Å². The highest BCUT2D eigenvalue weighted by Crippen LogP contribution is 2.22. The molecule has 0 unspecified atom stereocenters. The van der Waals surface area contributed by atoms with Crippen molar-refractivity contribution in [2.24, 2.45) is 0 Å². The molecule has 2 N–H and O–H groups in total. The zero-order chi connectivity index (χ0) is 14.7. The topological polar surface area (TPSA) is 54.0 Å². The smallest absolute Gasteiger partial charge is 0.270 e. The maximum Gasteiger partial charge on any atom is 0.270 e. The number of benzene rings is 1. The van der Waals surface area contributed by atoms with Crippen LogP contribution in [0.2, 0.25) is 0 Å². The third kappa shape index (κ3) is 3.13. The average molecular weight is 301 g/mol. The minimum absolute atomic E-state index is 0.0749. The molecular weight excluding hydrogens is 282 g/mol. The summed E-state index contributed by atoms with van der Waals surface area (Å²) < 4.78 is 0. The molecule has 1 aromatic carbocycles. The van der Waals surface area contributed by atoms with Gasteiger partial charge in [0, 0.05) is 18.5 Å². The Bertz CT molecular complexity index is 653. The number of amides is 1. The van der Waals surface area contributed by atoms with Gasteiger partial charge < -0.3 is 10.6 Å². The highest BCUT2D eigenvalue weighted by atomic mass is 32.2. The summed E-state index contributed by atoms with van der Waals surface area (Å²) in [5.74, 6) is 2.92. The Balaban J connectivity index is 1.87. The zero-order valence-corrected chi connectivity index (χ0v) is 12.9. The Labute approximate surface area is 128 Å². The Hall–Kier alpha value is -1.75. The van der Waals surface area contributed by atoms with Crippen LogP contribution in [-0.4, -0.2) is 35.5 Å². The first-order valence-electron chi connectivity index (χ1n) is 7.24. The molecule has 1 amide bonds. The molecule has 0 atom stereocenters. The first-order chi connectivity index (χ1) is 10.3. The summed E-state index contributed by atoms with van der Waals surface area (Å²) in [4.78, 5) is 16.9. The number of carbonyl (C=O) groups excluding carboxylic acids is 1. The Kier molecular flexibility index (Phi) is 4.29. The molecule has 0 bridgehead atoms. The van der Waals surface area contributed by atoms with E-state index in [1.807, 2.05) is 49.1 Å². The molecule has 21 heavy (non-hydrogen) atoms. The zero-order valence-electron chi connectivity index (χ0n) is 12.1. The molecule has 2 heterocycles. The molecule has 0 spiro atoms. The molecule has 1 fully saturated rings. The first-order valence-corrected chi connectivity index (χ1v) is 8.39. The summed E-state index contributed by atoms with van der Waals surface area (Å²) in [5.41, 5.74) is 0.483. The van der Waals surface area contributed by atoms with Crippen molar-refractivity contribution in [2.45, 2.75) is 18.9 Å². The van der Waals surface area contributed by atoms with E-state index in [2.05, 4.69) is 15.6 Å². The molecule has 3 rings (SSSR count). The standard InChI is InChI=1S/C16H19N3OS/c1-17-15-13-5-3-2-4-11(13)10-14(19-15)16(20)18-12-6-8-21-9-7-12/h2-5,10,12H,6-9H2,1H3,(H,17,19)(H,18,20). The molecule has 0 aliphatic carbocycles. The summed E-state index contributed by atoms with van der Waals surface area (Å²) in [7, 11) is 1.83. The van der Waals surface area contributed by atoms with E-state index in [1.54, 1.807) is 0 Å². The fourth-order valence-corrected chi connectivity index (χ4v) is 3.71. The predicted molar refractivity (Wildman–Crippen MR) is 89.1 cm³/mol. The quantitative estimate of drug-likeness (QED) is 0.915. The van der Waals surface area contributed by atoms with Crippen molar-refractivity contribution < 1.29 is 4.79 Å². The lowest BCUT2D eigenvalue weighted by atomic mass is 10.1. The molecule has 2 aromatic rings. The second-order valence-corrected chi connectivity index (χ2v) is 6.41. The summed E-state index contributed by atoms with van der Waals surface area (Å²) in [6, 6.07) is 10.1. The Morgan fingerprint density at radius 2 is 2.05 bits per heavy atom. The summed E-state index contributed by atoms with van der Waals surface area (Å²) >= 11 is 1.95. The van der Waals surface area contributed by atoms with E-state index >= 15 is 0 Å². The molecule has 0 radical (unpaired) electrons. The van der Waals surface area contributed by atoms with Crippen LogP contribution >= 0.6 is 11.8 Å². The fraction of sp³-hybridized carbons (Fsp3) is 0.375. The van der Waals surface area contributed by atoms with Crippen LogP contribution in [0.4, 0.5) is 5.82 Å². The number of fused-ring (bicyclic) bond motifs is 1. The molecule has 1 saturated heterocycles. The Morgan fingerprint density at radius 1 is 1.29 bits per heavy atom. The van der Waals surface area contributed by atoms with Crippen LogP contribution in [0.5, 0.6) is 0 Å². The van der Waals surface area contributed by atoms with E-state index in [9.17, 15) is 4.79 Å². The number of hydrogen-bond acceptors (Lipinski definition) is 4. The van der Waals surface area contributed by atoms with E-state index < -0.39 is 0 Å². The normalized spacial score (nSPS) is 15.9. The summed E-state index contributed by atoms with van der Waals surface area (Å²) in [6.45, 7) is 0. The van der Waals surface area contributed by atoms with Crippen LogP contribution in [0.25, 0.3) is 10.8 Å². The number of anilines is 1. The average Bonchev–Trinajstić information content (AvgIpc) is 2.54. The van der Waals surface area contributed by atoms with Gasteiger partial charge in [0.25, 0.3) is 5.91 Å². The van der Waals surface area contributed by atoms with E-state index in [0.29, 0.717) is 5.69 Å². The van der Waals surface area contributed by atoms with E-state index in [-0.39, 0.29) is 11.9 Å². The van der Waals surface area contributed by atoms with Crippen LogP contribution in [-0.2, 0) is 0 Å². The number of rotatable bonds is 3. The van der Waals surface area contributed by atoms with Crippen molar-refractivity contribution in [2.75, 3.05) is 23.9 Å². The van der Waals surface area contributed by atoms with Gasteiger partial charge in [-0.3, -0.25) is 4.79 Å². The van der Waals surface area contributed by atoms with Gasteiger partial charge in [0.15, 0.2) is 0 Å². The number of aromatic nitrogens is 1. The van der Waals surface area contributed by atoms with E-state index in [1.165, 1.54) is 0 Å². The van der Waals surface area contributed by atoms with Crippen molar-refractivity contribution in [1.82, 2.24) is 10.3 Å². The number of carbonyl (C=O) groups is 1. The van der Waals surface area contributed by atoms with Crippen molar-refractivity contribution >= 4 is 34.3 Å². The van der Waals surface area contributed by atoms with Gasteiger partial charge in [-0.25, -0.2) is 4.98 Å². The molecule has 1 aliphatic heterocycles. The van der Waals surface area contributed by atoms with Crippen molar-refractivity contribution in [3.8, 4) is 0 Å². The predicted octanol–water partition coefficient (Wildman–Crippen LogP) is 2.90. The van der Waals surface area contributed by atoms with Gasteiger partial charge in [0.2, 0.25) is 0 Å². The van der Waals surface area contributed by atoms with Gasteiger partial charge in [-0.1, -0.05) is 24.3 Å². The van der Waals surface area contributed by atoms with Crippen LogP contribution in [0.1, 0.15) is 23.3 Å². The minimum Gasteiger partial charge on any atom is -0.373 e. The molecule has 0 saturated carbocycles. The highest BCUT2D eigenvalue weighted by Gasteiger charge is 2.18. The third-order valence-electron chi connectivity index (χ3n) is 3.77. The summed E-state index contributed by atoms with van der Waals surface area (Å²) in [6.07, 6.45) is 2.09.